The number of hydrogen-bond donors (Lipinski definition) is 2. The van der Waals surface area contributed by atoms with E-state index in [0.29, 0.717) is 11.6 Å². The summed E-state index contributed by atoms with van der Waals surface area (Å²) >= 11 is 1.31. The van der Waals surface area contributed by atoms with Gasteiger partial charge in [0, 0.05) is 6.04 Å². The van der Waals surface area contributed by atoms with Crippen molar-refractivity contribution in [1.29, 1.82) is 0 Å². The maximum absolute atomic E-state index is 12.3. The minimum Gasteiger partial charge on any atom is -0.303 e. The molecule has 0 spiro atoms. The van der Waals surface area contributed by atoms with Crippen molar-refractivity contribution in [2.45, 2.75) is 32.4 Å². The van der Waals surface area contributed by atoms with Crippen LogP contribution in [-0.4, -0.2) is 28.2 Å². The highest BCUT2D eigenvalue weighted by Crippen LogP contribution is 2.10. The van der Waals surface area contributed by atoms with Gasteiger partial charge in [0.25, 0.3) is 0 Å². The van der Waals surface area contributed by atoms with Crippen molar-refractivity contribution in [2.75, 3.05) is 5.32 Å². The molecule has 0 saturated carbocycles. The molecule has 0 saturated heterocycles. The number of hydrogen-bond acceptors (Lipinski definition) is 5. The van der Waals surface area contributed by atoms with E-state index in [1.165, 1.54) is 11.3 Å². The van der Waals surface area contributed by atoms with E-state index in [4.69, 9.17) is 0 Å². The van der Waals surface area contributed by atoms with E-state index in [0.717, 1.165) is 5.56 Å². The lowest BCUT2D eigenvalue weighted by molar-refractivity contribution is -0.118. The summed E-state index contributed by atoms with van der Waals surface area (Å²) in [6.07, 6.45) is 0.643. The van der Waals surface area contributed by atoms with Gasteiger partial charge in [-0.3, -0.25) is 10.1 Å². The highest BCUT2D eigenvalue weighted by Gasteiger charge is 2.20. The van der Waals surface area contributed by atoms with E-state index >= 15 is 0 Å². The molecule has 0 fully saturated rings. The van der Waals surface area contributed by atoms with Gasteiger partial charge in [0.1, 0.15) is 5.51 Å². The van der Waals surface area contributed by atoms with E-state index in [1.807, 2.05) is 44.2 Å². The lowest BCUT2D eigenvalue weighted by Gasteiger charge is -2.20. The van der Waals surface area contributed by atoms with Gasteiger partial charge in [-0.25, -0.2) is 0 Å². The summed E-state index contributed by atoms with van der Waals surface area (Å²) in [5, 5.41) is 14.1. The van der Waals surface area contributed by atoms with Gasteiger partial charge in [0.2, 0.25) is 11.0 Å². The number of carbonyl (C=O) groups excluding carboxylic acids is 1. The van der Waals surface area contributed by atoms with Gasteiger partial charge >= 0.3 is 0 Å². The molecule has 2 N–H and O–H groups in total. The molecule has 0 bridgehead atoms. The second kappa shape index (κ2) is 7.12. The summed E-state index contributed by atoms with van der Waals surface area (Å²) in [6, 6.07) is 9.90. The minimum atomic E-state index is -0.290. The molecule has 0 radical (unpaired) electrons. The molecule has 20 heavy (non-hydrogen) atoms. The first kappa shape index (κ1) is 14.6. The summed E-state index contributed by atoms with van der Waals surface area (Å²) in [4.78, 5) is 12.3. The third kappa shape index (κ3) is 4.40. The SMILES string of the molecule is CC(C)N[C@@H](Cc1ccccc1)C(=O)Nc1nncs1. The smallest absolute Gasteiger partial charge is 0.243 e. The molecule has 0 unspecified atom stereocenters. The van der Waals surface area contributed by atoms with Crippen molar-refractivity contribution in [3.05, 3.63) is 41.4 Å². The second-order valence-corrected chi connectivity index (χ2v) is 5.63. The van der Waals surface area contributed by atoms with Crippen LogP contribution in [0.5, 0.6) is 0 Å². The molecule has 2 aromatic rings. The van der Waals surface area contributed by atoms with Gasteiger partial charge in [0.05, 0.1) is 6.04 Å². The standard InChI is InChI=1S/C14H18N4OS/c1-10(2)16-12(8-11-6-4-3-5-7-11)13(19)17-14-18-15-9-20-14/h3-7,9-10,12,16H,8H2,1-2H3,(H,17,18,19)/t12-/m0/s1. The highest BCUT2D eigenvalue weighted by molar-refractivity contribution is 7.13. The Morgan fingerprint density at radius 3 is 2.65 bits per heavy atom. The number of anilines is 1. The fraction of sp³-hybridized carbons (Fsp3) is 0.357. The Hall–Kier alpha value is -1.79. The van der Waals surface area contributed by atoms with E-state index < -0.39 is 0 Å². The van der Waals surface area contributed by atoms with Gasteiger partial charge in [0.15, 0.2) is 0 Å². The Morgan fingerprint density at radius 2 is 2.05 bits per heavy atom. The van der Waals surface area contributed by atoms with E-state index in [2.05, 4.69) is 20.8 Å². The second-order valence-electron chi connectivity index (χ2n) is 4.80. The molecule has 2 rings (SSSR count). The maximum Gasteiger partial charge on any atom is 0.243 e. The Bertz CT molecular complexity index is 527. The van der Waals surface area contributed by atoms with Crippen molar-refractivity contribution in [1.82, 2.24) is 15.5 Å². The lowest BCUT2D eigenvalue weighted by Crippen LogP contribution is -2.45. The number of amides is 1. The molecule has 0 aliphatic carbocycles. The quantitative estimate of drug-likeness (QED) is 0.855. The average Bonchev–Trinajstić information content (AvgIpc) is 2.91. The summed E-state index contributed by atoms with van der Waals surface area (Å²) in [6.45, 7) is 4.05. The first-order valence-electron chi connectivity index (χ1n) is 6.52. The summed E-state index contributed by atoms with van der Waals surface area (Å²) in [7, 11) is 0. The first-order valence-corrected chi connectivity index (χ1v) is 7.40. The van der Waals surface area contributed by atoms with Crippen LogP contribution in [0.4, 0.5) is 5.13 Å². The predicted octanol–water partition coefficient (Wildman–Crippen LogP) is 2.09. The van der Waals surface area contributed by atoms with Gasteiger partial charge in [-0.05, 0) is 12.0 Å². The van der Waals surface area contributed by atoms with E-state index in [-0.39, 0.29) is 18.0 Å². The molecule has 6 heteroatoms. The number of aromatic nitrogens is 2. The molecule has 1 heterocycles. The number of carbonyl (C=O) groups is 1. The Kier molecular flexibility index (Phi) is 5.20. The number of nitrogens with zero attached hydrogens (tertiary/aromatic N) is 2. The average molecular weight is 290 g/mol. The van der Waals surface area contributed by atoms with Crippen molar-refractivity contribution >= 4 is 22.4 Å². The van der Waals surface area contributed by atoms with E-state index in [1.54, 1.807) is 5.51 Å². The molecule has 5 nitrogen and oxygen atoms in total. The third-order valence-electron chi connectivity index (χ3n) is 2.72. The molecule has 0 aliphatic rings. The molecule has 1 amide bonds. The van der Waals surface area contributed by atoms with Crippen LogP contribution in [0.2, 0.25) is 0 Å². The third-order valence-corrected chi connectivity index (χ3v) is 3.33. The van der Waals surface area contributed by atoms with Crippen LogP contribution in [0.1, 0.15) is 19.4 Å². The number of benzene rings is 1. The largest absolute Gasteiger partial charge is 0.303 e. The zero-order valence-corrected chi connectivity index (χ0v) is 12.4. The van der Waals surface area contributed by atoms with Crippen molar-refractivity contribution < 1.29 is 4.79 Å². The van der Waals surface area contributed by atoms with Crippen molar-refractivity contribution in [2.24, 2.45) is 0 Å². The van der Waals surface area contributed by atoms with Crippen LogP contribution in [0.15, 0.2) is 35.8 Å². The zero-order chi connectivity index (χ0) is 14.4. The zero-order valence-electron chi connectivity index (χ0n) is 11.5. The summed E-state index contributed by atoms with van der Waals surface area (Å²) in [5.74, 6) is -0.0840. The Balaban J connectivity index is 2.04. The van der Waals surface area contributed by atoms with Crippen LogP contribution in [0.3, 0.4) is 0 Å². The molecule has 1 atom stereocenters. The van der Waals surface area contributed by atoms with Gasteiger partial charge in [-0.1, -0.05) is 55.5 Å². The monoisotopic (exact) mass is 290 g/mol. The van der Waals surface area contributed by atoms with Gasteiger partial charge in [-0.2, -0.15) is 0 Å². The fourth-order valence-electron chi connectivity index (χ4n) is 1.90. The molecule has 1 aromatic heterocycles. The van der Waals surface area contributed by atoms with E-state index in [9.17, 15) is 4.79 Å². The summed E-state index contributed by atoms with van der Waals surface area (Å²) < 4.78 is 0. The highest BCUT2D eigenvalue weighted by atomic mass is 32.1. The van der Waals surface area contributed by atoms with Gasteiger partial charge < -0.3 is 5.32 Å². The number of nitrogens with one attached hydrogen (secondary N) is 2. The predicted molar refractivity (Wildman–Crippen MR) is 80.7 cm³/mol. The van der Waals surface area contributed by atoms with Crippen LogP contribution in [0.25, 0.3) is 0 Å². The normalized spacial score (nSPS) is 12.3. The first-order chi connectivity index (χ1) is 9.65. The van der Waals surface area contributed by atoms with Crippen LogP contribution in [-0.2, 0) is 11.2 Å². The molecular formula is C14H18N4OS. The number of rotatable bonds is 6. The topological polar surface area (TPSA) is 66.9 Å². The van der Waals surface area contributed by atoms with Gasteiger partial charge in [-0.15, -0.1) is 10.2 Å². The van der Waals surface area contributed by atoms with Crippen LogP contribution in [0, 0.1) is 0 Å². The summed E-state index contributed by atoms with van der Waals surface area (Å²) in [5.41, 5.74) is 2.72. The van der Waals surface area contributed by atoms with Crippen molar-refractivity contribution in [3.8, 4) is 0 Å². The minimum absolute atomic E-state index is 0.0840. The van der Waals surface area contributed by atoms with Crippen LogP contribution < -0.4 is 10.6 Å². The lowest BCUT2D eigenvalue weighted by atomic mass is 10.0. The molecule has 1 aromatic carbocycles. The maximum atomic E-state index is 12.3. The molecule has 0 aliphatic heterocycles. The van der Waals surface area contributed by atoms with Crippen LogP contribution >= 0.6 is 11.3 Å². The molecular weight excluding hydrogens is 272 g/mol. The molecule has 106 valence electrons. The fourth-order valence-corrected chi connectivity index (χ4v) is 2.35. The Morgan fingerprint density at radius 1 is 1.30 bits per heavy atom. The van der Waals surface area contributed by atoms with Crippen molar-refractivity contribution in [3.63, 3.8) is 0 Å². The Labute approximate surface area is 122 Å².